The number of hydrogen-bond donors (Lipinski definition) is 1. The van der Waals surface area contributed by atoms with E-state index in [-0.39, 0.29) is 12.4 Å². The van der Waals surface area contributed by atoms with Crippen molar-refractivity contribution in [1.82, 2.24) is 19.6 Å². The zero-order chi connectivity index (χ0) is 13.9. The van der Waals surface area contributed by atoms with Gasteiger partial charge in [0.25, 0.3) is 0 Å². The topological polar surface area (TPSA) is 47.7 Å². The van der Waals surface area contributed by atoms with Crippen LogP contribution in [0, 0.1) is 6.92 Å². The highest BCUT2D eigenvalue weighted by atomic mass is 35.5. The first-order chi connectivity index (χ1) is 9.76. The van der Waals surface area contributed by atoms with Crippen LogP contribution in [0.5, 0.6) is 0 Å². The van der Waals surface area contributed by atoms with E-state index >= 15 is 0 Å². The average molecular weight is 310 g/mol. The van der Waals surface area contributed by atoms with Crippen LogP contribution < -0.4 is 5.32 Å². The Morgan fingerprint density at radius 3 is 2.71 bits per heavy atom. The molecular weight excluding hydrogens is 286 g/mol. The SMILES string of the molecule is CCn1cc(NCc2cn(C3CCCC3)nc2C)cn1.Cl. The van der Waals surface area contributed by atoms with E-state index in [4.69, 9.17) is 0 Å². The third kappa shape index (κ3) is 3.59. The Bertz CT molecular complexity index is 568. The van der Waals surface area contributed by atoms with Crippen molar-refractivity contribution in [3.63, 3.8) is 0 Å². The van der Waals surface area contributed by atoms with Gasteiger partial charge in [-0.25, -0.2) is 0 Å². The summed E-state index contributed by atoms with van der Waals surface area (Å²) in [7, 11) is 0. The first-order valence-electron chi connectivity index (χ1n) is 7.57. The van der Waals surface area contributed by atoms with Gasteiger partial charge in [-0.2, -0.15) is 10.2 Å². The second-order valence-corrected chi connectivity index (χ2v) is 5.60. The lowest BCUT2D eigenvalue weighted by Crippen LogP contribution is -2.05. The summed E-state index contributed by atoms with van der Waals surface area (Å²) < 4.78 is 4.10. The molecule has 1 aliphatic rings. The quantitative estimate of drug-likeness (QED) is 0.918. The third-order valence-corrected chi connectivity index (χ3v) is 4.16. The molecular formula is C15H24ClN5. The van der Waals surface area contributed by atoms with E-state index in [1.165, 1.54) is 31.2 Å². The molecule has 0 radical (unpaired) electrons. The molecule has 116 valence electrons. The lowest BCUT2D eigenvalue weighted by molar-refractivity contribution is 0.464. The fraction of sp³-hybridized carbons (Fsp3) is 0.600. The summed E-state index contributed by atoms with van der Waals surface area (Å²) in [6, 6.07) is 0.616. The summed E-state index contributed by atoms with van der Waals surface area (Å²) in [4.78, 5) is 0. The smallest absolute Gasteiger partial charge is 0.0729 e. The minimum absolute atomic E-state index is 0. The summed E-state index contributed by atoms with van der Waals surface area (Å²) in [5.74, 6) is 0. The summed E-state index contributed by atoms with van der Waals surface area (Å²) >= 11 is 0. The van der Waals surface area contributed by atoms with Crippen molar-refractivity contribution >= 4 is 18.1 Å². The van der Waals surface area contributed by atoms with E-state index in [9.17, 15) is 0 Å². The largest absolute Gasteiger partial charge is 0.378 e. The molecule has 2 aromatic heterocycles. The van der Waals surface area contributed by atoms with Crippen LogP contribution in [0.1, 0.15) is 49.9 Å². The Labute approximate surface area is 132 Å². The first-order valence-corrected chi connectivity index (χ1v) is 7.57. The van der Waals surface area contributed by atoms with E-state index in [0.717, 1.165) is 24.5 Å². The van der Waals surface area contributed by atoms with E-state index in [1.54, 1.807) is 0 Å². The van der Waals surface area contributed by atoms with Crippen molar-refractivity contribution in [2.75, 3.05) is 5.32 Å². The van der Waals surface area contributed by atoms with Crippen LogP contribution >= 0.6 is 12.4 Å². The molecule has 1 saturated carbocycles. The van der Waals surface area contributed by atoms with Crippen molar-refractivity contribution in [3.8, 4) is 0 Å². The maximum atomic E-state index is 4.68. The monoisotopic (exact) mass is 309 g/mol. The Morgan fingerprint density at radius 1 is 1.29 bits per heavy atom. The summed E-state index contributed by atoms with van der Waals surface area (Å²) in [6.45, 7) is 5.90. The highest BCUT2D eigenvalue weighted by Crippen LogP contribution is 2.29. The molecule has 0 saturated heterocycles. The molecule has 6 heteroatoms. The van der Waals surface area contributed by atoms with Gasteiger partial charge in [0.1, 0.15) is 0 Å². The van der Waals surface area contributed by atoms with Gasteiger partial charge < -0.3 is 5.32 Å². The standard InChI is InChI=1S/C15H23N5.ClH/c1-3-19-11-14(9-17-19)16-8-13-10-20(18-12(13)2)15-6-4-5-7-15;/h9-11,15-16H,3-8H2,1-2H3;1H. The number of aromatic nitrogens is 4. The molecule has 1 N–H and O–H groups in total. The minimum Gasteiger partial charge on any atom is -0.378 e. The summed E-state index contributed by atoms with van der Waals surface area (Å²) in [6.07, 6.45) is 11.4. The van der Waals surface area contributed by atoms with Gasteiger partial charge in [-0.05, 0) is 26.7 Å². The Hall–Kier alpha value is -1.49. The Kier molecular flexibility index (Phi) is 5.28. The molecule has 5 nitrogen and oxygen atoms in total. The van der Waals surface area contributed by atoms with E-state index in [0.29, 0.717) is 6.04 Å². The highest BCUT2D eigenvalue weighted by Gasteiger charge is 2.18. The number of hydrogen-bond acceptors (Lipinski definition) is 3. The molecule has 0 bridgehead atoms. The molecule has 1 fully saturated rings. The zero-order valence-corrected chi connectivity index (χ0v) is 13.6. The van der Waals surface area contributed by atoms with Gasteiger partial charge >= 0.3 is 0 Å². The number of rotatable bonds is 5. The van der Waals surface area contributed by atoms with Gasteiger partial charge in [0.2, 0.25) is 0 Å². The van der Waals surface area contributed by atoms with Gasteiger partial charge in [-0.1, -0.05) is 12.8 Å². The second-order valence-electron chi connectivity index (χ2n) is 5.60. The van der Waals surface area contributed by atoms with Crippen molar-refractivity contribution < 1.29 is 0 Å². The van der Waals surface area contributed by atoms with Gasteiger partial charge in [0, 0.05) is 31.0 Å². The maximum absolute atomic E-state index is 4.68. The van der Waals surface area contributed by atoms with Crippen LogP contribution in [-0.4, -0.2) is 19.6 Å². The average Bonchev–Trinajstić information content (AvgIpc) is 3.17. The molecule has 1 aliphatic carbocycles. The number of nitrogens with zero attached hydrogens (tertiary/aromatic N) is 4. The molecule has 0 spiro atoms. The van der Waals surface area contributed by atoms with Crippen LogP contribution in [0.4, 0.5) is 5.69 Å². The molecule has 2 heterocycles. The molecule has 3 rings (SSSR count). The van der Waals surface area contributed by atoms with Crippen LogP contribution in [0.15, 0.2) is 18.6 Å². The number of halogens is 1. The fourth-order valence-electron chi connectivity index (χ4n) is 2.87. The number of anilines is 1. The summed E-state index contributed by atoms with van der Waals surface area (Å²) in [5, 5.41) is 12.4. The lowest BCUT2D eigenvalue weighted by Gasteiger charge is -2.08. The van der Waals surface area contributed by atoms with Gasteiger partial charge in [-0.15, -0.1) is 12.4 Å². The van der Waals surface area contributed by atoms with Crippen molar-refractivity contribution in [3.05, 3.63) is 29.8 Å². The maximum Gasteiger partial charge on any atom is 0.0729 e. The third-order valence-electron chi connectivity index (χ3n) is 4.16. The molecule has 21 heavy (non-hydrogen) atoms. The molecule has 0 atom stereocenters. The molecule has 0 unspecified atom stereocenters. The first kappa shape index (κ1) is 15.9. The number of nitrogens with one attached hydrogen (secondary N) is 1. The van der Waals surface area contributed by atoms with Crippen molar-refractivity contribution in [2.45, 2.75) is 58.7 Å². The van der Waals surface area contributed by atoms with E-state index in [2.05, 4.69) is 40.2 Å². The lowest BCUT2D eigenvalue weighted by atomic mass is 10.2. The normalized spacial score (nSPS) is 15.1. The van der Waals surface area contributed by atoms with Crippen LogP contribution in [0.25, 0.3) is 0 Å². The van der Waals surface area contributed by atoms with Crippen LogP contribution in [0.3, 0.4) is 0 Å². The molecule has 0 aromatic carbocycles. The Morgan fingerprint density at radius 2 is 2.05 bits per heavy atom. The predicted molar refractivity (Wildman–Crippen MR) is 86.9 cm³/mol. The van der Waals surface area contributed by atoms with E-state index < -0.39 is 0 Å². The van der Waals surface area contributed by atoms with Gasteiger partial charge in [0.15, 0.2) is 0 Å². The molecule has 0 aliphatic heterocycles. The second kappa shape index (κ2) is 6.98. The summed E-state index contributed by atoms with van der Waals surface area (Å²) in [5.41, 5.74) is 3.48. The highest BCUT2D eigenvalue weighted by molar-refractivity contribution is 5.85. The Balaban J connectivity index is 0.00000161. The molecule has 0 amide bonds. The minimum atomic E-state index is 0. The van der Waals surface area contributed by atoms with Gasteiger partial charge in [0.05, 0.1) is 23.6 Å². The molecule has 2 aromatic rings. The predicted octanol–water partition coefficient (Wildman–Crippen LogP) is 3.56. The van der Waals surface area contributed by atoms with Gasteiger partial charge in [-0.3, -0.25) is 9.36 Å². The zero-order valence-electron chi connectivity index (χ0n) is 12.7. The number of aryl methyl sites for hydroxylation is 2. The van der Waals surface area contributed by atoms with Crippen LogP contribution in [-0.2, 0) is 13.1 Å². The van der Waals surface area contributed by atoms with E-state index in [1.807, 2.05) is 17.1 Å². The van der Waals surface area contributed by atoms with Crippen molar-refractivity contribution in [2.24, 2.45) is 0 Å². The van der Waals surface area contributed by atoms with Crippen LogP contribution in [0.2, 0.25) is 0 Å². The van der Waals surface area contributed by atoms with Crippen molar-refractivity contribution in [1.29, 1.82) is 0 Å². The fourth-order valence-corrected chi connectivity index (χ4v) is 2.87.